The fraction of sp³-hybridized carbons (Fsp3) is 0.429. The Morgan fingerprint density at radius 3 is 2.89 bits per heavy atom. The highest BCUT2D eigenvalue weighted by Gasteiger charge is 2.37. The molecule has 19 heavy (non-hydrogen) atoms. The summed E-state index contributed by atoms with van der Waals surface area (Å²) < 4.78 is 0.940. The number of carbonyl (C=O) groups is 2. The van der Waals surface area contributed by atoms with Gasteiger partial charge in [-0.05, 0) is 37.0 Å². The highest BCUT2D eigenvalue weighted by Crippen LogP contribution is 2.31. The van der Waals surface area contributed by atoms with Gasteiger partial charge in [0.15, 0.2) is 0 Å². The van der Waals surface area contributed by atoms with Crippen LogP contribution in [0.5, 0.6) is 0 Å². The van der Waals surface area contributed by atoms with Crippen molar-refractivity contribution in [1.29, 1.82) is 0 Å². The van der Waals surface area contributed by atoms with Crippen LogP contribution in [0.15, 0.2) is 22.7 Å². The summed E-state index contributed by atoms with van der Waals surface area (Å²) in [6.45, 7) is 1.24. The third-order valence-corrected chi connectivity index (χ3v) is 4.56. The van der Waals surface area contributed by atoms with E-state index in [0.717, 1.165) is 29.3 Å². The van der Waals surface area contributed by atoms with E-state index in [2.05, 4.69) is 21.2 Å². The number of fused-ring (bicyclic) bond motifs is 1. The molecule has 2 aliphatic rings. The summed E-state index contributed by atoms with van der Waals surface area (Å²) in [6, 6.07) is 5.30. The summed E-state index contributed by atoms with van der Waals surface area (Å²) in [5.74, 6) is -0.0480. The topological polar surface area (TPSA) is 49.4 Å². The van der Waals surface area contributed by atoms with E-state index >= 15 is 0 Å². The average molecular weight is 323 g/mol. The molecule has 2 aliphatic heterocycles. The van der Waals surface area contributed by atoms with Crippen molar-refractivity contribution in [2.45, 2.75) is 31.8 Å². The van der Waals surface area contributed by atoms with Crippen molar-refractivity contribution >= 4 is 27.7 Å². The molecule has 0 radical (unpaired) electrons. The number of nitrogens with zero attached hydrogens (tertiary/aromatic N) is 1. The predicted molar refractivity (Wildman–Crippen MR) is 74.7 cm³/mol. The standard InChI is InChI=1S/C14H15BrN2O2/c15-11-5-3-4-9-10(11)8-17(14(9)19)12-6-1-2-7-16-13(12)18/h3-5,12H,1-2,6-8H2,(H,16,18)/t12-/m0/s1. The Morgan fingerprint density at radius 2 is 2.11 bits per heavy atom. The Balaban J connectivity index is 1.90. The van der Waals surface area contributed by atoms with Crippen molar-refractivity contribution in [2.75, 3.05) is 6.54 Å². The summed E-state index contributed by atoms with van der Waals surface area (Å²) in [5, 5.41) is 2.89. The Hall–Kier alpha value is -1.36. The second-order valence-electron chi connectivity index (χ2n) is 5.00. The van der Waals surface area contributed by atoms with E-state index < -0.39 is 0 Å². The number of nitrogens with one attached hydrogen (secondary N) is 1. The number of carbonyl (C=O) groups excluding carboxylic acids is 2. The fourth-order valence-corrected chi connectivity index (χ4v) is 3.28. The van der Waals surface area contributed by atoms with E-state index in [4.69, 9.17) is 0 Å². The van der Waals surface area contributed by atoms with Crippen LogP contribution >= 0.6 is 15.9 Å². The van der Waals surface area contributed by atoms with Gasteiger partial charge >= 0.3 is 0 Å². The van der Waals surface area contributed by atoms with Crippen LogP contribution in [0.3, 0.4) is 0 Å². The predicted octanol–water partition coefficient (Wildman–Crippen LogP) is 2.07. The average Bonchev–Trinajstić information content (AvgIpc) is 2.59. The van der Waals surface area contributed by atoms with E-state index in [1.165, 1.54) is 0 Å². The van der Waals surface area contributed by atoms with Gasteiger partial charge in [0.25, 0.3) is 5.91 Å². The van der Waals surface area contributed by atoms with Gasteiger partial charge in [0, 0.05) is 23.1 Å². The monoisotopic (exact) mass is 322 g/mol. The van der Waals surface area contributed by atoms with Crippen molar-refractivity contribution in [3.63, 3.8) is 0 Å². The van der Waals surface area contributed by atoms with E-state index in [1.807, 2.05) is 18.2 Å². The van der Waals surface area contributed by atoms with Gasteiger partial charge < -0.3 is 10.2 Å². The molecule has 0 saturated carbocycles. The van der Waals surface area contributed by atoms with Crippen molar-refractivity contribution in [3.8, 4) is 0 Å². The second kappa shape index (κ2) is 4.96. The van der Waals surface area contributed by atoms with Gasteiger partial charge in [0.1, 0.15) is 6.04 Å². The molecule has 2 heterocycles. The zero-order valence-electron chi connectivity index (χ0n) is 10.5. The Kier molecular flexibility index (Phi) is 3.31. The Morgan fingerprint density at radius 1 is 1.26 bits per heavy atom. The lowest BCUT2D eigenvalue weighted by Crippen LogP contribution is -2.45. The van der Waals surface area contributed by atoms with Crippen LogP contribution in [-0.2, 0) is 11.3 Å². The van der Waals surface area contributed by atoms with Crippen molar-refractivity contribution in [1.82, 2.24) is 10.2 Å². The summed E-state index contributed by atoms with van der Waals surface area (Å²) in [5.41, 5.74) is 1.70. The maximum atomic E-state index is 12.4. The van der Waals surface area contributed by atoms with Crippen LogP contribution in [-0.4, -0.2) is 29.3 Å². The first kappa shape index (κ1) is 12.7. The highest BCUT2D eigenvalue weighted by atomic mass is 79.9. The van der Waals surface area contributed by atoms with E-state index in [1.54, 1.807) is 4.90 Å². The van der Waals surface area contributed by atoms with Crippen LogP contribution in [0.25, 0.3) is 0 Å². The van der Waals surface area contributed by atoms with Crippen LogP contribution in [0.4, 0.5) is 0 Å². The third-order valence-electron chi connectivity index (χ3n) is 3.82. The van der Waals surface area contributed by atoms with Crippen molar-refractivity contribution < 1.29 is 9.59 Å². The first-order valence-electron chi connectivity index (χ1n) is 6.54. The molecule has 0 spiro atoms. The lowest BCUT2D eigenvalue weighted by molar-refractivity contribution is -0.125. The number of hydrogen-bond donors (Lipinski definition) is 1. The molecular weight excluding hydrogens is 308 g/mol. The summed E-state index contributed by atoms with van der Waals surface area (Å²) in [7, 11) is 0. The number of halogens is 1. The Labute approximate surface area is 120 Å². The van der Waals surface area contributed by atoms with Crippen molar-refractivity contribution in [2.24, 2.45) is 0 Å². The van der Waals surface area contributed by atoms with Crippen LogP contribution in [0, 0.1) is 0 Å². The molecule has 1 atom stereocenters. The fourth-order valence-electron chi connectivity index (χ4n) is 2.79. The molecule has 1 fully saturated rings. The normalized spacial score (nSPS) is 23.0. The zero-order valence-corrected chi connectivity index (χ0v) is 12.1. The van der Waals surface area contributed by atoms with Gasteiger partial charge in [0.2, 0.25) is 5.91 Å². The molecule has 0 bridgehead atoms. The van der Waals surface area contributed by atoms with E-state index in [-0.39, 0.29) is 17.9 Å². The van der Waals surface area contributed by atoms with Gasteiger partial charge in [-0.2, -0.15) is 0 Å². The molecule has 1 aromatic carbocycles. The SMILES string of the molecule is O=C1NCCCC[C@@H]1N1Cc2c(Br)cccc2C1=O. The minimum atomic E-state index is -0.325. The molecule has 0 aromatic heterocycles. The van der Waals surface area contributed by atoms with Gasteiger partial charge in [-0.15, -0.1) is 0 Å². The first-order valence-corrected chi connectivity index (χ1v) is 7.34. The summed E-state index contributed by atoms with van der Waals surface area (Å²) in [4.78, 5) is 26.2. The maximum absolute atomic E-state index is 12.4. The number of rotatable bonds is 1. The van der Waals surface area contributed by atoms with Gasteiger partial charge in [-0.1, -0.05) is 22.0 Å². The molecule has 3 rings (SSSR count). The molecule has 1 saturated heterocycles. The molecule has 0 aliphatic carbocycles. The molecule has 5 heteroatoms. The largest absolute Gasteiger partial charge is 0.354 e. The maximum Gasteiger partial charge on any atom is 0.255 e. The van der Waals surface area contributed by atoms with Gasteiger partial charge in [-0.25, -0.2) is 0 Å². The molecule has 2 amide bonds. The van der Waals surface area contributed by atoms with E-state index in [9.17, 15) is 9.59 Å². The van der Waals surface area contributed by atoms with Gasteiger partial charge in [-0.3, -0.25) is 9.59 Å². The summed E-state index contributed by atoms with van der Waals surface area (Å²) in [6.07, 6.45) is 2.72. The Bertz CT molecular complexity index is 544. The smallest absolute Gasteiger partial charge is 0.255 e. The number of benzene rings is 1. The lowest BCUT2D eigenvalue weighted by atomic mass is 10.1. The van der Waals surface area contributed by atoms with Crippen LogP contribution in [0.1, 0.15) is 35.2 Å². The molecule has 0 unspecified atom stereocenters. The molecule has 4 nitrogen and oxygen atoms in total. The number of amides is 2. The molecule has 1 N–H and O–H groups in total. The molecule has 1 aromatic rings. The van der Waals surface area contributed by atoms with E-state index in [0.29, 0.717) is 18.7 Å². The quantitative estimate of drug-likeness (QED) is 0.860. The highest BCUT2D eigenvalue weighted by molar-refractivity contribution is 9.10. The van der Waals surface area contributed by atoms with Crippen LogP contribution in [0.2, 0.25) is 0 Å². The minimum Gasteiger partial charge on any atom is -0.354 e. The lowest BCUT2D eigenvalue weighted by Gasteiger charge is -2.25. The first-order chi connectivity index (χ1) is 9.18. The zero-order chi connectivity index (χ0) is 13.4. The minimum absolute atomic E-state index is 0.0187. The van der Waals surface area contributed by atoms with Gasteiger partial charge in [0.05, 0.1) is 0 Å². The third kappa shape index (κ3) is 2.16. The molecule has 100 valence electrons. The molecular formula is C14H15BrN2O2. The second-order valence-corrected chi connectivity index (χ2v) is 5.86. The summed E-state index contributed by atoms with van der Waals surface area (Å²) >= 11 is 3.48. The number of hydrogen-bond acceptors (Lipinski definition) is 2. The van der Waals surface area contributed by atoms with Crippen molar-refractivity contribution in [3.05, 3.63) is 33.8 Å². The van der Waals surface area contributed by atoms with Crippen LogP contribution < -0.4 is 5.32 Å².